The van der Waals surface area contributed by atoms with Crippen LogP contribution in [0.25, 0.3) is 0 Å². The molecule has 19 heavy (non-hydrogen) atoms. The van der Waals surface area contributed by atoms with E-state index in [1.54, 1.807) is 10.9 Å². The van der Waals surface area contributed by atoms with E-state index < -0.39 is 13.0 Å². The molecule has 2 aromatic heterocycles. The van der Waals surface area contributed by atoms with Gasteiger partial charge in [0.2, 0.25) is 5.89 Å². The lowest BCUT2D eigenvalue weighted by Gasteiger charge is -1.99. The van der Waals surface area contributed by atoms with Gasteiger partial charge in [0.1, 0.15) is 13.2 Å². The molecular formula is C10H13F2N5O2. The van der Waals surface area contributed by atoms with Crippen LogP contribution >= 0.6 is 0 Å². The number of ether oxygens (including phenoxy) is 1. The highest BCUT2D eigenvalue weighted by atomic mass is 19.3. The van der Waals surface area contributed by atoms with Gasteiger partial charge in [0.15, 0.2) is 5.82 Å². The fourth-order valence-electron chi connectivity index (χ4n) is 1.40. The summed E-state index contributed by atoms with van der Waals surface area (Å²) in [6, 6.07) is 0. The van der Waals surface area contributed by atoms with Crippen molar-refractivity contribution < 1.29 is 18.0 Å². The Kier molecular flexibility index (Phi) is 4.39. The summed E-state index contributed by atoms with van der Waals surface area (Å²) >= 11 is 0. The van der Waals surface area contributed by atoms with Crippen LogP contribution in [0.4, 0.5) is 14.5 Å². The van der Waals surface area contributed by atoms with Crippen molar-refractivity contribution in [3.63, 3.8) is 0 Å². The number of nitrogen functional groups attached to an aromatic ring is 1. The maximum atomic E-state index is 11.8. The summed E-state index contributed by atoms with van der Waals surface area (Å²) in [7, 11) is 0. The highest BCUT2D eigenvalue weighted by Gasteiger charge is 2.08. The molecule has 0 spiro atoms. The number of hydrogen-bond acceptors (Lipinski definition) is 6. The van der Waals surface area contributed by atoms with Crippen molar-refractivity contribution in [1.29, 1.82) is 0 Å². The SMILES string of the molecule is Nc1cnn(Cc2nc(CCOCC(F)F)no2)c1. The van der Waals surface area contributed by atoms with E-state index in [9.17, 15) is 8.78 Å². The van der Waals surface area contributed by atoms with Gasteiger partial charge in [-0.1, -0.05) is 5.16 Å². The average molecular weight is 273 g/mol. The Labute approximate surface area is 107 Å². The predicted molar refractivity (Wildman–Crippen MR) is 60.6 cm³/mol. The summed E-state index contributed by atoms with van der Waals surface area (Å²) in [5, 5.41) is 7.68. The van der Waals surface area contributed by atoms with Crippen molar-refractivity contribution in [2.75, 3.05) is 18.9 Å². The topological polar surface area (TPSA) is 92.0 Å². The average Bonchev–Trinajstić information content (AvgIpc) is 2.95. The molecule has 0 fully saturated rings. The zero-order valence-corrected chi connectivity index (χ0v) is 10.00. The minimum absolute atomic E-state index is 0.123. The van der Waals surface area contributed by atoms with Crippen LogP contribution in [0.3, 0.4) is 0 Å². The van der Waals surface area contributed by atoms with Gasteiger partial charge in [0.05, 0.1) is 18.5 Å². The molecule has 2 rings (SSSR count). The maximum absolute atomic E-state index is 11.8. The Balaban J connectivity index is 1.78. The minimum atomic E-state index is -2.47. The van der Waals surface area contributed by atoms with Gasteiger partial charge in [-0.2, -0.15) is 10.1 Å². The fourth-order valence-corrected chi connectivity index (χ4v) is 1.40. The number of rotatable bonds is 7. The van der Waals surface area contributed by atoms with Crippen molar-refractivity contribution in [1.82, 2.24) is 19.9 Å². The van der Waals surface area contributed by atoms with Crippen LogP contribution in [-0.4, -0.2) is 39.6 Å². The van der Waals surface area contributed by atoms with Crippen molar-refractivity contribution in [2.45, 2.75) is 19.4 Å². The number of nitrogens with zero attached hydrogens (tertiary/aromatic N) is 4. The molecule has 104 valence electrons. The van der Waals surface area contributed by atoms with E-state index in [1.807, 2.05) is 0 Å². The monoisotopic (exact) mass is 273 g/mol. The van der Waals surface area contributed by atoms with Gasteiger partial charge in [-0.3, -0.25) is 4.68 Å². The molecule has 0 saturated heterocycles. The molecule has 9 heteroatoms. The molecule has 0 aliphatic carbocycles. The van der Waals surface area contributed by atoms with Gasteiger partial charge in [0.25, 0.3) is 6.43 Å². The number of nitrogens with two attached hydrogens (primary N) is 1. The van der Waals surface area contributed by atoms with Crippen molar-refractivity contribution in [2.24, 2.45) is 0 Å². The number of halogens is 2. The highest BCUT2D eigenvalue weighted by molar-refractivity contribution is 5.30. The van der Waals surface area contributed by atoms with E-state index in [2.05, 4.69) is 15.2 Å². The number of alkyl halides is 2. The van der Waals surface area contributed by atoms with Gasteiger partial charge in [-0.15, -0.1) is 0 Å². The summed E-state index contributed by atoms with van der Waals surface area (Å²) in [5.74, 6) is 0.774. The normalized spacial score (nSPS) is 11.3. The van der Waals surface area contributed by atoms with Gasteiger partial charge in [0, 0.05) is 12.6 Å². The van der Waals surface area contributed by atoms with E-state index in [0.717, 1.165) is 0 Å². The minimum Gasteiger partial charge on any atom is -0.396 e. The Morgan fingerprint density at radius 2 is 2.32 bits per heavy atom. The number of aromatic nitrogens is 4. The molecule has 0 unspecified atom stereocenters. The van der Waals surface area contributed by atoms with E-state index in [4.69, 9.17) is 15.0 Å². The lowest BCUT2D eigenvalue weighted by Crippen LogP contribution is -2.07. The molecule has 0 amide bonds. The second-order valence-corrected chi connectivity index (χ2v) is 3.79. The molecule has 0 radical (unpaired) electrons. The van der Waals surface area contributed by atoms with Crippen LogP contribution in [0.2, 0.25) is 0 Å². The van der Waals surface area contributed by atoms with Gasteiger partial charge in [-0.25, -0.2) is 8.78 Å². The molecule has 2 aromatic rings. The molecule has 0 aromatic carbocycles. The Morgan fingerprint density at radius 3 is 3.00 bits per heavy atom. The van der Waals surface area contributed by atoms with Crippen molar-refractivity contribution >= 4 is 5.69 Å². The molecule has 0 aliphatic rings. The standard InChI is InChI=1S/C10H13F2N5O2/c11-8(12)6-18-2-1-9-15-10(19-16-9)5-17-4-7(13)3-14-17/h3-4,8H,1-2,5-6,13H2. The zero-order chi connectivity index (χ0) is 13.7. The van der Waals surface area contributed by atoms with Crippen LogP contribution in [-0.2, 0) is 17.7 Å². The molecule has 0 aliphatic heterocycles. The molecule has 2 N–H and O–H groups in total. The third-order valence-corrected chi connectivity index (χ3v) is 2.17. The second kappa shape index (κ2) is 6.23. The van der Waals surface area contributed by atoms with E-state index in [1.165, 1.54) is 6.20 Å². The predicted octanol–water partition coefficient (Wildman–Crippen LogP) is 0.721. The van der Waals surface area contributed by atoms with Crippen LogP contribution in [0.5, 0.6) is 0 Å². The van der Waals surface area contributed by atoms with E-state index in [0.29, 0.717) is 30.4 Å². The summed E-state index contributed by atoms with van der Waals surface area (Å²) in [6.07, 6.45) is 0.994. The van der Waals surface area contributed by atoms with Gasteiger partial charge in [-0.05, 0) is 0 Å². The quantitative estimate of drug-likeness (QED) is 0.747. The smallest absolute Gasteiger partial charge is 0.261 e. The summed E-state index contributed by atoms with van der Waals surface area (Å²) in [6.45, 7) is -0.155. The van der Waals surface area contributed by atoms with Gasteiger partial charge < -0.3 is 15.0 Å². The molecule has 0 bridgehead atoms. The van der Waals surface area contributed by atoms with E-state index in [-0.39, 0.29) is 6.61 Å². The third kappa shape index (κ3) is 4.28. The molecular weight excluding hydrogens is 260 g/mol. The first-order chi connectivity index (χ1) is 9.13. The Morgan fingerprint density at radius 1 is 1.47 bits per heavy atom. The maximum Gasteiger partial charge on any atom is 0.261 e. The fraction of sp³-hybridized carbons (Fsp3) is 0.500. The lowest BCUT2D eigenvalue weighted by molar-refractivity contribution is 0.0182. The Bertz CT molecular complexity index is 513. The first-order valence-corrected chi connectivity index (χ1v) is 5.59. The van der Waals surface area contributed by atoms with Crippen molar-refractivity contribution in [3.05, 3.63) is 24.1 Å². The largest absolute Gasteiger partial charge is 0.396 e. The second-order valence-electron chi connectivity index (χ2n) is 3.79. The van der Waals surface area contributed by atoms with Crippen LogP contribution in [0.15, 0.2) is 16.9 Å². The summed E-state index contributed by atoms with van der Waals surface area (Å²) in [4.78, 5) is 4.08. The third-order valence-electron chi connectivity index (χ3n) is 2.17. The van der Waals surface area contributed by atoms with Gasteiger partial charge >= 0.3 is 0 Å². The Hall–Kier alpha value is -2.03. The van der Waals surface area contributed by atoms with Crippen LogP contribution < -0.4 is 5.73 Å². The van der Waals surface area contributed by atoms with E-state index >= 15 is 0 Å². The summed E-state index contributed by atoms with van der Waals surface area (Å²) < 4.78 is 34.9. The molecule has 2 heterocycles. The van der Waals surface area contributed by atoms with Crippen LogP contribution in [0, 0.1) is 0 Å². The van der Waals surface area contributed by atoms with Crippen molar-refractivity contribution in [3.8, 4) is 0 Å². The van der Waals surface area contributed by atoms with Crippen LogP contribution in [0.1, 0.15) is 11.7 Å². The number of hydrogen-bond donors (Lipinski definition) is 1. The molecule has 0 saturated carbocycles. The first-order valence-electron chi connectivity index (χ1n) is 5.59. The molecule has 0 atom stereocenters. The summed E-state index contributed by atoms with van der Waals surface area (Å²) in [5.41, 5.74) is 6.06. The zero-order valence-electron chi connectivity index (χ0n) is 10.00. The lowest BCUT2D eigenvalue weighted by atomic mass is 10.4. The number of anilines is 1. The highest BCUT2D eigenvalue weighted by Crippen LogP contribution is 2.04. The first kappa shape index (κ1) is 13.4. The molecule has 7 nitrogen and oxygen atoms in total.